The van der Waals surface area contributed by atoms with Gasteiger partial charge < -0.3 is 10.2 Å². The smallest absolute Gasteiger partial charge is 0.115 e. The Bertz CT molecular complexity index is 325. The average Bonchev–Trinajstić information content (AvgIpc) is 2.79. The molecule has 1 aromatic rings. The van der Waals surface area contributed by atoms with Crippen molar-refractivity contribution in [2.24, 2.45) is 5.92 Å². The van der Waals surface area contributed by atoms with Gasteiger partial charge in [-0.3, -0.25) is 0 Å². The van der Waals surface area contributed by atoms with Crippen molar-refractivity contribution in [2.45, 2.75) is 32.9 Å². The van der Waals surface area contributed by atoms with Crippen molar-refractivity contribution < 1.29 is 0 Å². The second-order valence-corrected chi connectivity index (χ2v) is 5.08. The van der Waals surface area contributed by atoms with Crippen LogP contribution in [0.5, 0.6) is 0 Å². The molecule has 94 valence electrons. The van der Waals surface area contributed by atoms with E-state index in [0.29, 0.717) is 6.04 Å². The number of rotatable bonds is 5. The maximum absolute atomic E-state index is 4.20. The second kappa shape index (κ2) is 6.07. The molecule has 1 aliphatic rings. The quantitative estimate of drug-likeness (QED) is 0.833. The molecule has 2 heterocycles. The molecule has 0 spiro atoms. The number of aromatic nitrogens is 2. The van der Waals surface area contributed by atoms with Crippen LogP contribution in [0.3, 0.4) is 0 Å². The normalized spacial score (nSPS) is 21.2. The van der Waals surface area contributed by atoms with Crippen LogP contribution in [0.25, 0.3) is 0 Å². The van der Waals surface area contributed by atoms with Gasteiger partial charge in [0.1, 0.15) is 6.33 Å². The third-order valence-corrected chi connectivity index (χ3v) is 3.43. The summed E-state index contributed by atoms with van der Waals surface area (Å²) in [5.74, 6) is 0.791. The van der Waals surface area contributed by atoms with Gasteiger partial charge in [0.05, 0.1) is 5.69 Å². The number of hydrogen-bond donors (Lipinski definition) is 1. The Balaban J connectivity index is 1.67. The number of nitrogens with one attached hydrogen (secondary N) is 1. The summed E-state index contributed by atoms with van der Waals surface area (Å²) in [4.78, 5) is 10.7. The molecule has 1 atom stereocenters. The molecule has 17 heavy (non-hydrogen) atoms. The van der Waals surface area contributed by atoms with Gasteiger partial charge >= 0.3 is 0 Å². The predicted octanol–water partition coefficient (Wildman–Crippen LogP) is 1.30. The molecule has 1 unspecified atom stereocenters. The van der Waals surface area contributed by atoms with Gasteiger partial charge in [-0.15, -0.1) is 0 Å². The Morgan fingerprint density at radius 1 is 1.53 bits per heavy atom. The molecular weight excluding hydrogens is 212 g/mol. The number of nitrogens with zero attached hydrogens (tertiary/aromatic N) is 3. The van der Waals surface area contributed by atoms with Crippen LogP contribution in [-0.4, -0.2) is 40.5 Å². The first-order valence-electron chi connectivity index (χ1n) is 6.45. The topological polar surface area (TPSA) is 41.0 Å². The van der Waals surface area contributed by atoms with Crippen molar-refractivity contribution in [3.63, 3.8) is 0 Å². The number of hydrogen-bond acceptors (Lipinski definition) is 4. The summed E-state index contributed by atoms with van der Waals surface area (Å²) < 4.78 is 0. The van der Waals surface area contributed by atoms with Crippen molar-refractivity contribution in [3.05, 3.63) is 24.3 Å². The fourth-order valence-electron chi connectivity index (χ4n) is 2.33. The lowest BCUT2D eigenvalue weighted by molar-refractivity contribution is 0.264. The van der Waals surface area contributed by atoms with Gasteiger partial charge in [0.15, 0.2) is 0 Å². The highest BCUT2D eigenvalue weighted by molar-refractivity contribution is 4.97. The summed E-state index contributed by atoms with van der Waals surface area (Å²) in [6.07, 6.45) is 4.71. The van der Waals surface area contributed by atoms with Crippen LogP contribution in [0.4, 0.5) is 0 Å². The molecule has 1 aliphatic heterocycles. The lowest BCUT2D eigenvalue weighted by Gasteiger charge is -2.20. The summed E-state index contributed by atoms with van der Waals surface area (Å²) in [6.45, 7) is 8.97. The molecule has 1 N–H and O–H groups in total. The first-order valence-corrected chi connectivity index (χ1v) is 6.45. The van der Waals surface area contributed by atoms with Crippen LogP contribution in [0.1, 0.15) is 26.0 Å². The monoisotopic (exact) mass is 234 g/mol. The maximum Gasteiger partial charge on any atom is 0.115 e. The van der Waals surface area contributed by atoms with Crippen molar-refractivity contribution in [2.75, 3.05) is 19.6 Å². The minimum Gasteiger partial charge on any atom is -0.311 e. The van der Waals surface area contributed by atoms with Crippen molar-refractivity contribution in [3.8, 4) is 0 Å². The van der Waals surface area contributed by atoms with Gasteiger partial charge in [-0.25, -0.2) is 9.97 Å². The molecule has 1 aromatic heterocycles. The van der Waals surface area contributed by atoms with Crippen molar-refractivity contribution in [1.82, 2.24) is 20.2 Å². The zero-order valence-corrected chi connectivity index (χ0v) is 10.8. The van der Waals surface area contributed by atoms with E-state index in [1.165, 1.54) is 19.5 Å². The standard InChI is InChI=1S/C13H22N4/c1-11(2)17-6-4-12(9-17)7-15-8-13-3-5-14-10-16-13/h3,5,10-12,15H,4,6-9H2,1-2H3. The van der Waals surface area contributed by atoms with Gasteiger partial charge in [0, 0.05) is 25.3 Å². The van der Waals surface area contributed by atoms with Gasteiger partial charge in [-0.1, -0.05) is 0 Å². The average molecular weight is 234 g/mol. The molecule has 0 bridgehead atoms. The first kappa shape index (κ1) is 12.5. The molecule has 0 aromatic carbocycles. The van der Waals surface area contributed by atoms with Crippen molar-refractivity contribution >= 4 is 0 Å². The third-order valence-electron chi connectivity index (χ3n) is 3.43. The molecule has 2 rings (SSSR count). The van der Waals surface area contributed by atoms with E-state index in [1.54, 1.807) is 12.5 Å². The largest absolute Gasteiger partial charge is 0.311 e. The molecule has 0 aliphatic carbocycles. The first-order chi connectivity index (χ1) is 8.25. The summed E-state index contributed by atoms with van der Waals surface area (Å²) in [6, 6.07) is 2.64. The predicted molar refractivity (Wildman–Crippen MR) is 68.6 cm³/mol. The number of likely N-dealkylation sites (tertiary alicyclic amines) is 1. The minimum atomic E-state index is 0.682. The van der Waals surface area contributed by atoms with E-state index in [-0.39, 0.29) is 0 Å². The highest BCUT2D eigenvalue weighted by Crippen LogP contribution is 2.17. The fourth-order valence-corrected chi connectivity index (χ4v) is 2.33. The zero-order valence-electron chi connectivity index (χ0n) is 10.8. The SMILES string of the molecule is CC(C)N1CCC(CNCc2ccncn2)C1. The molecule has 4 heteroatoms. The maximum atomic E-state index is 4.20. The lowest BCUT2D eigenvalue weighted by atomic mass is 10.1. The molecule has 0 amide bonds. The Labute approximate surface area is 103 Å². The van der Waals surface area contributed by atoms with Gasteiger partial charge in [-0.05, 0) is 45.3 Å². The molecular formula is C13H22N4. The van der Waals surface area contributed by atoms with Crippen LogP contribution < -0.4 is 5.32 Å². The van der Waals surface area contributed by atoms with E-state index in [0.717, 1.165) is 24.7 Å². The Morgan fingerprint density at radius 2 is 2.41 bits per heavy atom. The van der Waals surface area contributed by atoms with Crippen LogP contribution in [0, 0.1) is 5.92 Å². The van der Waals surface area contributed by atoms with Crippen LogP contribution in [0.15, 0.2) is 18.6 Å². The van der Waals surface area contributed by atoms with E-state index < -0.39 is 0 Å². The van der Waals surface area contributed by atoms with E-state index in [2.05, 4.69) is 34.0 Å². The van der Waals surface area contributed by atoms with E-state index in [1.807, 2.05) is 6.07 Å². The molecule has 0 saturated carbocycles. The summed E-state index contributed by atoms with van der Waals surface area (Å²) in [5, 5.41) is 3.49. The van der Waals surface area contributed by atoms with Crippen LogP contribution in [0.2, 0.25) is 0 Å². The third kappa shape index (κ3) is 3.75. The summed E-state index contributed by atoms with van der Waals surface area (Å²) >= 11 is 0. The Hall–Kier alpha value is -1.00. The minimum absolute atomic E-state index is 0.682. The van der Waals surface area contributed by atoms with E-state index in [9.17, 15) is 0 Å². The second-order valence-electron chi connectivity index (χ2n) is 5.08. The van der Waals surface area contributed by atoms with Crippen molar-refractivity contribution in [1.29, 1.82) is 0 Å². The summed E-state index contributed by atoms with van der Waals surface area (Å²) in [5.41, 5.74) is 1.07. The zero-order chi connectivity index (χ0) is 12.1. The Morgan fingerprint density at radius 3 is 3.06 bits per heavy atom. The Kier molecular flexibility index (Phi) is 4.45. The van der Waals surface area contributed by atoms with Gasteiger partial charge in [-0.2, -0.15) is 0 Å². The van der Waals surface area contributed by atoms with E-state index in [4.69, 9.17) is 0 Å². The molecule has 0 radical (unpaired) electrons. The highest BCUT2D eigenvalue weighted by atomic mass is 15.2. The highest BCUT2D eigenvalue weighted by Gasteiger charge is 2.23. The molecule has 1 saturated heterocycles. The fraction of sp³-hybridized carbons (Fsp3) is 0.692. The van der Waals surface area contributed by atoms with Crippen LogP contribution >= 0.6 is 0 Å². The van der Waals surface area contributed by atoms with Gasteiger partial charge in [0.2, 0.25) is 0 Å². The lowest BCUT2D eigenvalue weighted by Crippen LogP contribution is -2.30. The van der Waals surface area contributed by atoms with Crippen LogP contribution in [-0.2, 0) is 6.54 Å². The van der Waals surface area contributed by atoms with E-state index >= 15 is 0 Å². The summed E-state index contributed by atoms with van der Waals surface area (Å²) in [7, 11) is 0. The van der Waals surface area contributed by atoms with Gasteiger partial charge in [0.25, 0.3) is 0 Å². The molecule has 1 fully saturated rings. The molecule has 4 nitrogen and oxygen atoms in total.